The van der Waals surface area contributed by atoms with Crippen LogP contribution in [0.4, 0.5) is 11.4 Å². The third-order valence-electron chi connectivity index (χ3n) is 4.21. The topological polar surface area (TPSA) is 98.7 Å². The van der Waals surface area contributed by atoms with Gasteiger partial charge in [-0.1, -0.05) is 30.3 Å². The van der Waals surface area contributed by atoms with Crippen LogP contribution in [0.25, 0.3) is 0 Å². The maximum absolute atomic E-state index is 12.7. The molecule has 7 nitrogen and oxygen atoms in total. The highest BCUT2D eigenvalue weighted by molar-refractivity contribution is 5.95. The Morgan fingerprint density at radius 3 is 2.76 bits per heavy atom. The highest BCUT2D eigenvalue weighted by Crippen LogP contribution is 2.24. The molecule has 7 heteroatoms. The van der Waals surface area contributed by atoms with Crippen molar-refractivity contribution in [3.05, 3.63) is 69.8 Å². The predicted molar refractivity (Wildman–Crippen MR) is 93.3 cm³/mol. The van der Waals surface area contributed by atoms with Crippen molar-refractivity contribution in [2.45, 2.75) is 12.5 Å². The maximum atomic E-state index is 12.7. The van der Waals surface area contributed by atoms with Crippen LogP contribution >= 0.6 is 0 Å². The quantitative estimate of drug-likeness (QED) is 0.522. The van der Waals surface area contributed by atoms with Crippen molar-refractivity contribution in [1.29, 1.82) is 0 Å². The van der Waals surface area contributed by atoms with Gasteiger partial charge in [-0.25, -0.2) is 0 Å². The molecule has 0 spiro atoms. The molecular formula is C18H19N3O4. The summed E-state index contributed by atoms with van der Waals surface area (Å²) >= 11 is 0. The van der Waals surface area contributed by atoms with E-state index >= 15 is 0 Å². The number of nitro benzene ring substituents is 1. The molecule has 2 N–H and O–H groups in total. The molecule has 130 valence electrons. The van der Waals surface area contributed by atoms with E-state index in [1.165, 1.54) is 18.2 Å². The van der Waals surface area contributed by atoms with Crippen LogP contribution in [-0.4, -0.2) is 41.5 Å². The van der Waals surface area contributed by atoms with E-state index in [4.69, 9.17) is 10.5 Å². The Balaban J connectivity index is 1.72. The van der Waals surface area contributed by atoms with Crippen LogP contribution in [0.1, 0.15) is 15.9 Å². The van der Waals surface area contributed by atoms with E-state index in [-0.39, 0.29) is 28.9 Å². The van der Waals surface area contributed by atoms with Gasteiger partial charge in [0.2, 0.25) is 0 Å². The fourth-order valence-corrected chi connectivity index (χ4v) is 2.92. The SMILES string of the molecule is Nc1ccc(C(=O)N2CCO[C@@H](Cc3ccccc3)C2)cc1[N+](=O)[O-]. The molecule has 1 aliphatic rings. The van der Waals surface area contributed by atoms with E-state index in [9.17, 15) is 14.9 Å². The Morgan fingerprint density at radius 2 is 2.04 bits per heavy atom. The second-order valence-corrected chi connectivity index (χ2v) is 5.96. The Morgan fingerprint density at radius 1 is 1.28 bits per heavy atom. The van der Waals surface area contributed by atoms with Crippen LogP contribution in [0.5, 0.6) is 0 Å². The number of morpholine rings is 1. The second-order valence-electron chi connectivity index (χ2n) is 5.96. The highest BCUT2D eigenvalue weighted by Gasteiger charge is 2.26. The van der Waals surface area contributed by atoms with Crippen LogP contribution in [0.2, 0.25) is 0 Å². The van der Waals surface area contributed by atoms with Gasteiger partial charge in [0.25, 0.3) is 11.6 Å². The summed E-state index contributed by atoms with van der Waals surface area (Å²) in [6.45, 7) is 1.36. The van der Waals surface area contributed by atoms with E-state index in [0.717, 1.165) is 5.56 Å². The minimum absolute atomic E-state index is 0.0467. The number of carbonyl (C=O) groups excluding carboxylic acids is 1. The standard InChI is InChI=1S/C18H19N3O4/c19-16-7-6-14(11-17(16)21(23)24)18(22)20-8-9-25-15(12-20)10-13-4-2-1-3-5-13/h1-7,11,15H,8-10,12,19H2/t15-/m0/s1. The summed E-state index contributed by atoms with van der Waals surface area (Å²) in [5.74, 6) is -0.246. The first-order valence-electron chi connectivity index (χ1n) is 8.03. The second kappa shape index (κ2) is 7.31. The van der Waals surface area contributed by atoms with Crippen LogP contribution in [0.3, 0.4) is 0 Å². The molecule has 0 saturated carbocycles. The van der Waals surface area contributed by atoms with E-state index < -0.39 is 4.92 Å². The van der Waals surface area contributed by atoms with Gasteiger partial charge >= 0.3 is 0 Å². The normalized spacial score (nSPS) is 17.3. The average molecular weight is 341 g/mol. The molecule has 1 saturated heterocycles. The van der Waals surface area contributed by atoms with Crippen LogP contribution < -0.4 is 5.73 Å². The van der Waals surface area contributed by atoms with Crippen molar-refractivity contribution < 1.29 is 14.5 Å². The molecule has 0 aromatic heterocycles. The number of hydrogen-bond donors (Lipinski definition) is 1. The molecule has 0 radical (unpaired) electrons. The summed E-state index contributed by atoms with van der Waals surface area (Å²) in [6, 6.07) is 14.1. The highest BCUT2D eigenvalue weighted by atomic mass is 16.6. The van der Waals surface area contributed by atoms with Gasteiger partial charge < -0.3 is 15.4 Å². The van der Waals surface area contributed by atoms with Crippen molar-refractivity contribution in [3.8, 4) is 0 Å². The number of ether oxygens (including phenoxy) is 1. The lowest BCUT2D eigenvalue weighted by Gasteiger charge is -2.33. The van der Waals surface area contributed by atoms with E-state index in [2.05, 4.69) is 0 Å². The number of carbonyl (C=O) groups is 1. The summed E-state index contributed by atoms with van der Waals surface area (Å²) in [5, 5.41) is 11.0. The summed E-state index contributed by atoms with van der Waals surface area (Å²) in [5.41, 5.74) is 6.80. The molecule has 1 aliphatic heterocycles. The van der Waals surface area contributed by atoms with Gasteiger partial charge in [0, 0.05) is 31.1 Å². The Bertz CT molecular complexity index is 779. The molecule has 0 aliphatic carbocycles. The predicted octanol–water partition coefficient (Wildman–Crippen LogP) is 2.26. The van der Waals surface area contributed by atoms with Crippen LogP contribution in [0, 0.1) is 10.1 Å². The number of benzene rings is 2. The van der Waals surface area contributed by atoms with Gasteiger partial charge in [0.05, 0.1) is 17.6 Å². The van der Waals surface area contributed by atoms with Crippen molar-refractivity contribution in [2.24, 2.45) is 0 Å². The first kappa shape index (κ1) is 16.9. The zero-order valence-electron chi connectivity index (χ0n) is 13.6. The molecule has 1 amide bonds. The van der Waals surface area contributed by atoms with Gasteiger partial charge in [-0.2, -0.15) is 0 Å². The molecule has 1 fully saturated rings. The van der Waals surface area contributed by atoms with Crippen LogP contribution in [-0.2, 0) is 11.2 Å². The van der Waals surface area contributed by atoms with Gasteiger partial charge in [-0.3, -0.25) is 14.9 Å². The lowest BCUT2D eigenvalue weighted by atomic mass is 10.1. The first-order chi connectivity index (χ1) is 12.0. The van der Waals surface area contributed by atoms with Gasteiger partial charge in [0.1, 0.15) is 5.69 Å². The number of anilines is 1. The van der Waals surface area contributed by atoms with Crippen molar-refractivity contribution in [3.63, 3.8) is 0 Å². The number of rotatable bonds is 4. The molecule has 1 heterocycles. The third kappa shape index (κ3) is 3.95. The number of nitrogens with two attached hydrogens (primary N) is 1. The summed E-state index contributed by atoms with van der Waals surface area (Å²) in [6.07, 6.45) is 0.621. The minimum atomic E-state index is -0.580. The van der Waals surface area contributed by atoms with Crippen LogP contribution in [0.15, 0.2) is 48.5 Å². The van der Waals surface area contributed by atoms with Crippen molar-refractivity contribution in [2.75, 3.05) is 25.4 Å². The Kier molecular flexibility index (Phi) is 4.95. The largest absolute Gasteiger partial charge is 0.393 e. The zero-order valence-corrected chi connectivity index (χ0v) is 13.6. The van der Waals surface area contributed by atoms with Gasteiger partial charge in [-0.15, -0.1) is 0 Å². The minimum Gasteiger partial charge on any atom is -0.393 e. The molecule has 1 atom stereocenters. The smallest absolute Gasteiger partial charge is 0.292 e. The monoisotopic (exact) mass is 341 g/mol. The van der Waals surface area contributed by atoms with Gasteiger partial charge in [0.15, 0.2) is 0 Å². The summed E-state index contributed by atoms with van der Waals surface area (Å²) in [4.78, 5) is 24.8. The Hall–Kier alpha value is -2.93. The van der Waals surface area contributed by atoms with E-state index in [0.29, 0.717) is 26.1 Å². The maximum Gasteiger partial charge on any atom is 0.292 e. The molecule has 2 aromatic rings. The average Bonchev–Trinajstić information content (AvgIpc) is 2.62. The number of amides is 1. The lowest BCUT2D eigenvalue weighted by Crippen LogP contribution is -2.46. The van der Waals surface area contributed by atoms with Crippen molar-refractivity contribution >= 4 is 17.3 Å². The van der Waals surface area contributed by atoms with E-state index in [1.54, 1.807) is 4.90 Å². The van der Waals surface area contributed by atoms with E-state index in [1.807, 2.05) is 30.3 Å². The molecule has 0 unspecified atom stereocenters. The third-order valence-corrected chi connectivity index (χ3v) is 4.21. The number of nitrogens with zero attached hydrogens (tertiary/aromatic N) is 2. The van der Waals surface area contributed by atoms with Crippen molar-refractivity contribution in [1.82, 2.24) is 4.90 Å². The zero-order chi connectivity index (χ0) is 17.8. The molecule has 0 bridgehead atoms. The summed E-state index contributed by atoms with van der Waals surface area (Å²) in [7, 11) is 0. The Labute approximate surface area is 145 Å². The fourth-order valence-electron chi connectivity index (χ4n) is 2.92. The molecule has 2 aromatic carbocycles. The number of nitro groups is 1. The lowest BCUT2D eigenvalue weighted by molar-refractivity contribution is -0.383. The fraction of sp³-hybridized carbons (Fsp3) is 0.278. The first-order valence-corrected chi connectivity index (χ1v) is 8.03. The molecular weight excluding hydrogens is 322 g/mol. The number of hydrogen-bond acceptors (Lipinski definition) is 5. The number of nitrogen functional groups attached to an aromatic ring is 1. The van der Waals surface area contributed by atoms with Gasteiger partial charge in [-0.05, 0) is 17.7 Å². The summed E-state index contributed by atoms with van der Waals surface area (Å²) < 4.78 is 5.76. The molecule has 3 rings (SSSR count). The molecule has 25 heavy (non-hydrogen) atoms.